The quantitative estimate of drug-likeness (QED) is 0.362. The van der Waals surface area contributed by atoms with E-state index in [0.29, 0.717) is 5.41 Å². The summed E-state index contributed by atoms with van der Waals surface area (Å²) in [4.78, 5) is 0. The van der Waals surface area contributed by atoms with Crippen molar-refractivity contribution in [2.75, 3.05) is 0 Å². The number of hydrogen-bond acceptors (Lipinski definition) is 0. The molecule has 0 rings (SSSR count). The predicted octanol–water partition coefficient (Wildman–Crippen LogP) is 6.55. The largest absolute Gasteiger partial charge is 0.0654 e. The van der Waals surface area contributed by atoms with Gasteiger partial charge in [0, 0.05) is 0 Å². The lowest BCUT2D eigenvalue weighted by Crippen LogP contribution is -2.21. The first kappa shape index (κ1) is 17.0. The summed E-state index contributed by atoms with van der Waals surface area (Å²) in [7, 11) is 0. The van der Waals surface area contributed by atoms with E-state index >= 15 is 0 Å². The molecule has 0 atom stereocenters. The molecule has 0 aromatic heterocycles. The van der Waals surface area contributed by atoms with Gasteiger partial charge >= 0.3 is 0 Å². The van der Waals surface area contributed by atoms with Crippen LogP contribution in [0.3, 0.4) is 0 Å². The molecule has 0 saturated carbocycles. The van der Waals surface area contributed by atoms with Crippen molar-refractivity contribution in [1.29, 1.82) is 0 Å². The van der Waals surface area contributed by atoms with E-state index in [1.807, 2.05) is 0 Å². The highest BCUT2D eigenvalue weighted by atomic mass is 14.3. The van der Waals surface area contributed by atoms with Gasteiger partial charge in [0.05, 0.1) is 0 Å². The third kappa shape index (κ3) is 7.84. The molecule has 103 valence electrons. The predicted molar refractivity (Wildman–Crippen MR) is 80.2 cm³/mol. The van der Waals surface area contributed by atoms with Crippen LogP contribution in [0.4, 0.5) is 0 Å². The standard InChI is InChI=1S/C17H35/c1-5-9-13-17(14-10-6-2,15-11-7-3)16-12-8-4/h1,5-16H2,2-4H3. The Balaban J connectivity index is 4.39. The molecule has 1 radical (unpaired) electrons. The van der Waals surface area contributed by atoms with E-state index in [4.69, 9.17) is 0 Å². The zero-order chi connectivity index (χ0) is 13.0. The molecule has 0 amide bonds. The summed E-state index contributed by atoms with van der Waals surface area (Å²) in [5.41, 5.74) is 0.666. The second kappa shape index (κ2) is 11.1. The minimum Gasteiger partial charge on any atom is -0.0654 e. The lowest BCUT2D eigenvalue weighted by atomic mass is 9.71. The molecule has 0 unspecified atom stereocenters. The topological polar surface area (TPSA) is 0 Å². The lowest BCUT2D eigenvalue weighted by Gasteiger charge is -2.34. The second-order valence-corrected chi connectivity index (χ2v) is 5.77. The van der Waals surface area contributed by atoms with Gasteiger partial charge < -0.3 is 0 Å². The van der Waals surface area contributed by atoms with E-state index in [2.05, 4.69) is 27.7 Å². The van der Waals surface area contributed by atoms with Crippen molar-refractivity contribution in [2.45, 2.75) is 97.8 Å². The maximum atomic E-state index is 4.03. The van der Waals surface area contributed by atoms with Crippen LogP contribution >= 0.6 is 0 Å². The molecule has 0 bridgehead atoms. The molecule has 0 aliphatic carbocycles. The van der Waals surface area contributed by atoms with Crippen LogP contribution in [0, 0.1) is 12.3 Å². The van der Waals surface area contributed by atoms with E-state index in [0.717, 1.165) is 6.42 Å². The first-order valence-corrected chi connectivity index (χ1v) is 8.04. The van der Waals surface area contributed by atoms with Gasteiger partial charge in [-0.3, -0.25) is 0 Å². The first-order chi connectivity index (χ1) is 8.24. The summed E-state index contributed by atoms with van der Waals surface area (Å²) >= 11 is 0. The van der Waals surface area contributed by atoms with Crippen LogP contribution in [0.2, 0.25) is 0 Å². The van der Waals surface area contributed by atoms with E-state index in [1.165, 1.54) is 70.6 Å². The van der Waals surface area contributed by atoms with Crippen molar-refractivity contribution in [2.24, 2.45) is 5.41 Å². The van der Waals surface area contributed by atoms with Gasteiger partial charge in [-0.1, -0.05) is 79.1 Å². The van der Waals surface area contributed by atoms with Gasteiger partial charge in [-0.15, -0.1) is 0 Å². The summed E-state index contributed by atoms with van der Waals surface area (Å²) in [5, 5.41) is 0. The molecule has 0 N–H and O–H groups in total. The number of hydrogen-bond donors (Lipinski definition) is 0. The Morgan fingerprint density at radius 1 is 0.647 bits per heavy atom. The fraction of sp³-hybridized carbons (Fsp3) is 0.941. The average molecular weight is 239 g/mol. The average Bonchev–Trinajstić information content (AvgIpc) is 2.37. The summed E-state index contributed by atoms with van der Waals surface area (Å²) in [5.74, 6) is 0. The van der Waals surface area contributed by atoms with Crippen molar-refractivity contribution in [1.82, 2.24) is 0 Å². The normalized spacial score (nSPS) is 12.0. The Morgan fingerprint density at radius 2 is 1.00 bits per heavy atom. The molecular weight excluding hydrogens is 204 g/mol. The molecule has 0 heteroatoms. The van der Waals surface area contributed by atoms with Crippen molar-refractivity contribution in [3.8, 4) is 0 Å². The Bertz CT molecular complexity index is 111. The third-order valence-corrected chi connectivity index (χ3v) is 4.14. The van der Waals surface area contributed by atoms with Crippen LogP contribution in [0.5, 0.6) is 0 Å². The SMILES string of the molecule is [CH2]CCCC(CCCC)(CCCC)CCCC. The highest BCUT2D eigenvalue weighted by Gasteiger charge is 2.27. The minimum atomic E-state index is 0.666. The van der Waals surface area contributed by atoms with Gasteiger partial charge in [-0.2, -0.15) is 0 Å². The van der Waals surface area contributed by atoms with Gasteiger partial charge in [-0.05, 0) is 31.1 Å². The van der Waals surface area contributed by atoms with Crippen LogP contribution in [-0.2, 0) is 0 Å². The van der Waals surface area contributed by atoms with Gasteiger partial charge in [0.1, 0.15) is 0 Å². The highest BCUT2D eigenvalue weighted by Crippen LogP contribution is 2.41. The van der Waals surface area contributed by atoms with Crippen molar-refractivity contribution in [3.05, 3.63) is 6.92 Å². The summed E-state index contributed by atoms with van der Waals surface area (Å²) in [6.07, 6.45) is 16.6. The van der Waals surface area contributed by atoms with Crippen molar-refractivity contribution in [3.63, 3.8) is 0 Å². The molecule has 0 heterocycles. The fourth-order valence-corrected chi connectivity index (χ4v) is 2.91. The number of rotatable bonds is 12. The van der Waals surface area contributed by atoms with Crippen LogP contribution in [0.25, 0.3) is 0 Å². The van der Waals surface area contributed by atoms with Gasteiger partial charge in [0.15, 0.2) is 0 Å². The van der Waals surface area contributed by atoms with Crippen LogP contribution in [0.15, 0.2) is 0 Å². The molecule has 0 aliphatic heterocycles. The smallest absolute Gasteiger partial charge is 0.0297 e. The van der Waals surface area contributed by atoms with Gasteiger partial charge in [0.2, 0.25) is 0 Å². The molecule has 17 heavy (non-hydrogen) atoms. The van der Waals surface area contributed by atoms with E-state index in [-0.39, 0.29) is 0 Å². The monoisotopic (exact) mass is 239 g/mol. The molecular formula is C17H35. The zero-order valence-electron chi connectivity index (χ0n) is 12.7. The Labute approximate surface area is 111 Å². The summed E-state index contributed by atoms with van der Waals surface area (Å²) < 4.78 is 0. The Kier molecular flexibility index (Phi) is 11.1. The Hall–Kier alpha value is 0. The highest BCUT2D eigenvalue weighted by molar-refractivity contribution is 4.79. The second-order valence-electron chi connectivity index (χ2n) is 5.77. The van der Waals surface area contributed by atoms with E-state index < -0.39 is 0 Å². The third-order valence-electron chi connectivity index (χ3n) is 4.14. The molecule has 0 nitrogen and oxygen atoms in total. The molecule has 0 saturated heterocycles. The molecule has 0 aromatic rings. The van der Waals surface area contributed by atoms with Gasteiger partial charge in [-0.25, -0.2) is 0 Å². The maximum Gasteiger partial charge on any atom is -0.0297 e. The van der Waals surface area contributed by atoms with Crippen molar-refractivity contribution >= 4 is 0 Å². The fourth-order valence-electron chi connectivity index (χ4n) is 2.91. The summed E-state index contributed by atoms with van der Waals surface area (Å²) in [6.45, 7) is 11.0. The van der Waals surface area contributed by atoms with Crippen LogP contribution < -0.4 is 0 Å². The van der Waals surface area contributed by atoms with E-state index in [1.54, 1.807) is 0 Å². The van der Waals surface area contributed by atoms with Gasteiger partial charge in [0.25, 0.3) is 0 Å². The zero-order valence-corrected chi connectivity index (χ0v) is 12.7. The van der Waals surface area contributed by atoms with Crippen LogP contribution in [-0.4, -0.2) is 0 Å². The minimum absolute atomic E-state index is 0.666. The van der Waals surface area contributed by atoms with Crippen LogP contribution in [0.1, 0.15) is 97.8 Å². The molecule has 0 fully saturated rings. The maximum absolute atomic E-state index is 4.03. The number of unbranched alkanes of at least 4 members (excludes halogenated alkanes) is 4. The molecule has 0 aromatic carbocycles. The lowest BCUT2D eigenvalue weighted by molar-refractivity contribution is 0.178. The van der Waals surface area contributed by atoms with E-state index in [9.17, 15) is 0 Å². The summed E-state index contributed by atoms with van der Waals surface area (Å²) in [6, 6.07) is 0. The molecule has 0 aliphatic rings. The first-order valence-electron chi connectivity index (χ1n) is 8.04. The molecule has 0 spiro atoms. The Morgan fingerprint density at radius 3 is 1.29 bits per heavy atom. The van der Waals surface area contributed by atoms with Crippen molar-refractivity contribution < 1.29 is 0 Å².